The van der Waals surface area contributed by atoms with Crippen molar-refractivity contribution in [2.45, 2.75) is 51.0 Å². The number of hydrogen-bond acceptors (Lipinski definition) is 4. The van der Waals surface area contributed by atoms with E-state index in [4.69, 9.17) is 4.74 Å². The van der Waals surface area contributed by atoms with Crippen LogP contribution in [0, 0.1) is 5.92 Å². The summed E-state index contributed by atoms with van der Waals surface area (Å²) in [5.74, 6) is 0.433. The molecule has 2 aromatic rings. The third-order valence-electron chi connectivity index (χ3n) is 5.73. The number of aromatic hydroxyl groups is 2. The first-order chi connectivity index (χ1) is 12.2. The van der Waals surface area contributed by atoms with Crippen LogP contribution in [0.4, 0.5) is 0 Å². The van der Waals surface area contributed by atoms with Gasteiger partial charge < -0.3 is 14.9 Å². The fourth-order valence-electron chi connectivity index (χ4n) is 3.93. The molecule has 138 valence electrons. The van der Waals surface area contributed by atoms with Crippen LogP contribution in [0.1, 0.15) is 51.2 Å². The first kappa shape index (κ1) is 18.3. The SMILES string of the molecule is CC(CCC1CC(=O)OC1(C)C)(c1cccc(O)c1)c1cccc(O)c1. The number of phenolic OH excluding ortho intramolecular Hbond substituents is 2. The van der Waals surface area contributed by atoms with Crippen LogP contribution < -0.4 is 0 Å². The van der Waals surface area contributed by atoms with Crippen molar-refractivity contribution in [2.75, 3.05) is 0 Å². The second-order valence-corrected chi connectivity index (χ2v) is 7.95. The molecule has 0 aliphatic carbocycles. The lowest BCUT2D eigenvalue weighted by Crippen LogP contribution is -2.30. The maximum absolute atomic E-state index is 11.7. The van der Waals surface area contributed by atoms with E-state index in [-0.39, 0.29) is 23.4 Å². The summed E-state index contributed by atoms with van der Waals surface area (Å²) in [6, 6.07) is 14.5. The predicted octanol–water partition coefficient (Wildman–Crippen LogP) is 4.53. The number of carbonyl (C=O) groups excluding carboxylic acids is 1. The number of esters is 1. The molecule has 0 amide bonds. The molecule has 1 heterocycles. The maximum Gasteiger partial charge on any atom is 0.306 e. The van der Waals surface area contributed by atoms with Gasteiger partial charge in [-0.25, -0.2) is 0 Å². The monoisotopic (exact) mass is 354 g/mol. The summed E-state index contributed by atoms with van der Waals surface area (Å²) in [5, 5.41) is 19.9. The van der Waals surface area contributed by atoms with E-state index >= 15 is 0 Å². The Bertz CT molecular complexity index is 764. The molecule has 26 heavy (non-hydrogen) atoms. The van der Waals surface area contributed by atoms with Gasteiger partial charge in [0.25, 0.3) is 0 Å². The van der Waals surface area contributed by atoms with Crippen LogP contribution in [-0.4, -0.2) is 21.8 Å². The Morgan fingerprint density at radius 2 is 1.62 bits per heavy atom. The average molecular weight is 354 g/mol. The summed E-state index contributed by atoms with van der Waals surface area (Å²) < 4.78 is 5.46. The second kappa shape index (κ2) is 6.67. The van der Waals surface area contributed by atoms with E-state index in [2.05, 4.69) is 6.92 Å². The number of carbonyl (C=O) groups is 1. The molecule has 2 N–H and O–H groups in total. The zero-order valence-corrected chi connectivity index (χ0v) is 15.5. The molecule has 1 aliphatic rings. The van der Waals surface area contributed by atoms with E-state index in [0.717, 1.165) is 24.0 Å². The minimum Gasteiger partial charge on any atom is -0.508 e. The van der Waals surface area contributed by atoms with E-state index in [0.29, 0.717) is 6.42 Å². The van der Waals surface area contributed by atoms with Crippen molar-refractivity contribution in [2.24, 2.45) is 5.92 Å². The quantitative estimate of drug-likeness (QED) is 0.775. The molecule has 1 atom stereocenters. The van der Waals surface area contributed by atoms with Crippen LogP contribution in [0.25, 0.3) is 0 Å². The van der Waals surface area contributed by atoms with E-state index in [9.17, 15) is 15.0 Å². The van der Waals surface area contributed by atoms with E-state index < -0.39 is 11.0 Å². The highest BCUT2D eigenvalue weighted by Gasteiger charge is 2.42. The van der Waals surface area contributed by atoms with Crippen molar-refractivity contribution in [3.05, 3.63) is 59.7 Å². The average Bonchev–Trinajstić information content (AvgIpc) is 2.84. The van der Waals surface area contributed by atoms with Crippen molar-refractivity contribution >= 4 is 5.97 Å². The molecule has 0 spiro atoms. The summed E-state index contributed by atoms with van der Waals surface area (Å²) in [6.07, 6.45) is 2.01. The molecule has 1 unspecified atom stereocenters. The third kappa shape index (κ3) is 3.55. The van der Waals surface area contributed by atoms with Crippen LogP contribution in [0.5, 0.6) is 11.5 Å². The van der Waals surface area contributed by atoms with Crippen LogP contribution in [0.3, 0.4) is 0 Å². The van der Waals surface area contributed by atoms with Gasteiger partial charge in [0, 0.05) is 11.3 Å². The lowest BCUT2D eigenvalue weighted by atomic mass is 9.70. The number of ether oxygens (including phenoxy) is 1. The van der Waals surface area contributed by atoms with Crippen LogP contribution in [-0.2, 0) is 14.9 Å². The largest absolute Gasteiger partial charge is 0.508 e. The Kier molecular flexibility index (Phi) is 4.70. The minimum atomic E-state index is -0.463. The molecule has 1 fully saturated rings. The lowest BCUT2D eigenvalue weighted by Gasteiger charge is -2.34. The van der Waals surface area contributed by atoms with Gasteiger partial charge in [0.05, 0.1) is 6.42 Å². The molecule has 4 heteroatoms. The first-order valence-corrected chi connectivity index (χ1v) is 9.01. The van der Waals surface area contributed by atoms with E-state index in [1.807, 2.05) is 38.1 Å². The number of hydrogen-bond donors (Lipinski definition) is 2. The summed E-state index contributed by atoms with van der Waals surface area (Å²) in [7, 11) is 0. The first-order valence-electron chi connectivity index (χ1n) is 9.01. The van der Waals surface area contributed by atoms with Crippen molar-refractivity contribution in [1.82, 2.24) is 0 Å². The standard InChI is InChI=1S/C22H26O4/c1-21(2)15(14-20(25)26-21)10-11-22(3,16-6-4-8-18(23)12-16)17-7-5-9-19(24)13-17/h4-9,12-13,15,23-24H,10-11,14H2,1-3H3. The van der Waals surface area contributed by atoms with E-state index in [1.54, 1.807) is 24.3 Å². The van der Waals surface area contributed by atoms with Crippen molar-refractivity contribution in [3.63, 3.8) is 0 Å². The molecule has 2 aromatic carbocycles. The molecule has 4 nitrogen and oxygen atoms in total. The smallest absolute Gasteiger partial charge is 0.306 e. The van der Waals surface area contributed by atoms with Crippen LogP contribution in [0.15, 0.2) is 48.5 Å². The Balaban J connectivity index is 1.95. The highest BCUT2D eigenvalue weighted by Crippen LogP contribution is 2.43. The Labute approximate surface area is 154 Å². The van der Waals surface area contributed by atoms with Gasteiger partial charge in [-0.2, -0.15) is 0 Å². The Morgan fingerprint density at radius 3 is 2.04 bits per heavy atom. The minimum absolute atomic E-state index is 0.142. The number of benzene rings is 2. The maximum atomic E-state index is 11.7. The lowest BCUT2D eigenvalue weighted by molar-refractivity contribution is -0.146. The van der Waals surface area contributed by atoms with Gasteiger partial charge in [0.15, 0.2) is 0 Å². The molecular weight excluding hydrogens is 328 g/mol. The summed E-state index contributed by atoms with van der Waals surface area (Å²) >= 11 is 0. The van der Waals surface area contributed by atoms with Crippen molar-refractivity contribution < 1.29 is 19.7 Å². The molecule has 1 aliphatic heterocycles. The van der Waals surface area contributed by atoms with Gasteiger partial charge in [0.1, 0.15) is 17.1 Å². The zero-order valence-electron chi connectivity index (χ0n) is 15.5. The number of rotatable bonds is 5. The van der Waals surface area contributed by atoms with Crippen LogP contribution in [0.2, 0.25) is 0 Å². The Morgan fingerprint density at radius 1 is 1.08 bits per heavy atom. The molecular formula is C22H26O4. The molecule has 1 saturated heterocycles. The summed E-state index contributed by atoms with van der Waals surface area (Å²) in [5.41, 5.74) is 1.09. The van der Waals surface area contributed by atoms with Crippen molar-refractivity contribution in [3.8, 4) is 11.5 Å². The molecule has 0 bridgehead atoms. The number of cyclic esters (lactones) is 1. The molecule has 0 aromatic heterocycles. The molecule has 0 radical (unpaired) electrons. The topological polar surface area (TPSA) is 66.8 Å². The number of phenols is 2. The normalized spacial score (nSPS) is 19.3. The predicted molar refractivity (Wildman–Crippen MR) is 100 cm³/mol. The van der Waals surface area contributed by atoms with Crippen molar-refractivity contribution in [1.29, 1.82) is 0 Å². The fraction of sp³-hybridized carbons (Fsp3) is 0.409. The van der Waals surface area contributed by atoms with Crippen LogP contribution >= 0.6 is 0 Å². The summed E-state index contributed by atoms with van der Waals surface area (Å²) in [6.45, 7) is 6.03. The zero-order chi connectivity index (χ0) is 18.9. The molecule has 3 rings (SSSR count). The van der Waals surface area contributed by atoms with Gasteiger partial charge in [0.2, 0.25) is 0 Å². The highest BCUT2D eigenvalue weighted by molar-refractivity contribution is 5.72. The van der Waals surface area contributed by atoms with Gasteiger partial charge in [-0.1, -0.05) is 31.2 Å². The second-order valence-electron chi connectivity index (χ2n) is 7.95. The van der Waals surface area contributed by atoms with Gasteiger partial charge in [-0.05, 0) is 62.1 Å². The summed E-state index contributed by atoms with van der Waals surface area (Å²) in [4.78, 5) is 11.7. The Hall–Kier alpha value is -2.49. The fourth-order valence-corrected chi connectivity index (χ4v) is 3.93. The third-order valence-corrected chi connectivity index (χ3v) is 5.73. The molecule has 0 saturated carbocycles. The van der Waals surface area contributed by atoms with Gasteiger partial charge >= 0.3 is 5.97 Å². The van der Waals surface area contributed by atoms with Gasteiger partial charge in [-0.15, -0.1) is 0 Å². The highest BCUT2D eigenvalue weighted by atomic mass is 16.6. The van der Waals surface area contributed by atoms with Gasteiger partial charge in [-0.3, -0.25) is 4.79 Å². The van der Waals surface area contributed by atoms with E-state index in [1.165, 1.54) is 0 Å².